The van der Waals surface area contributed by atoms with Gasteiger partial charge in [0.15, 0.2) is 0 Å². The molecule has 4 aromatic rings. The number of rotatable bonds is 10. The van der Waals surface area contributed by atoms with Crippen LogP contribution in [0.4, 0.5) is 17.3 Å². The summed E-state index contributed by atoms with van der Waals surface area (Å²) in [5, 5.41) is 2.70. The first-order valence-electron chi connectivity index (χ1n) is 11.6. The van der Waals surface area contributed by atoms with Crippen LogP contribution in [0.25, 0.3) is 0 Å². The Morgan fingerprint density at radius 3 is 2.00 bits per heavy atom. The molecule has 1 amide bonds. The summed E-state index contributed by atoms with van der Waals surface area (Å²) in [6.07, 6.45) is 4.75. The Morgan fingerprint density at radius 2 is 1.44 bits per heavy atom. The lowest BCUT2D eigenvalue weighted by molar-refractivity contribution is 0.102. The molecular weight excluding hydrogens is 559 g/mol. The second-order valence-corrected chi connectivity index (χ2v) is 12.5. The smallest absolute Gasteiger partial charge is 0.264 e. The largest absolute Gasteiger partial charge is 0.322 e. The fourth-order valence-corrected chi connectivity index (χ4v) is 6.44. The number of nitrogens with one attached hydrogen (secondary N) is 2. The van der Waals surface area contributed by atoms with Crippen LogP contribution in [0.2, 0.25) is 0 Å². The van der Waals surface area contributed by atoms with Crippen LogP contribution in [0, 0.1) is 0 Å². The average molecular weight is 584 g/mol. The van der Waals surface area contributed by atoms with Gasteiger partial charge in [-0.2, -0.15) is 0 Å². The van der Waals surface area contributed by atoms with E-state index in [1.807, 2.05) is 6.26 Å². The maximum absolute atomic E-state index is 13.2. The molecule has 0 atom stereocenters. The van der Waals surface area contributed by atoms with Crippen molar-refractivity contribution in [1.29, 1.82) is 0 Å². The molecule has 0 spiro atoms. The highest BCUT2D eigenvalue weighted by molar-refractivity contribution is 7.98. The summed E-state index contributed by atoms with van der Waals surface area (Å²) in [6, 6.07) is 20.0. The number of sulfonamides is 2. The summed E-state index contributed by atoms with van der Waals surface area (Å²) >= 11 is 1.52. The summed E-state index contributed by atoms with van der Waals surface area (Å²) in [4.78, 5) is 21.6. The van der Waals surface area contributed by atoms with Gasteiger partial charge in [-0.3, -0.25) is 9.10 Å². The number of hydrogen-bond acceptors (Lipinski definition) is 8. The normalized spacial score (nSPS) is 11.5. The van der Waals surface area contributed by atoms with E-state index < -0.39 is 26.0 Å². The molecule has 0 radical (unpaired) electrons. The third-order valence-electron chi connectivity index (χ3n) is 5.57. The lowest BCUT2D eigenvalue weighted by atomic mass is 10.2. The molecule has 0 fully saturated rings. The van der Waals surface area contributed by atoms with Crippen molar-refractivity contribution in [3.63, 3.8) is 0 Å². The molecule has 0 aliphatic rings. The first kappa shape index (κ1) is 28.1. The molecule has 0 saturated heterocycles. The molecule has 1 heterocycles. The van der Waals surface area contributed by atoms with E-state index in [4.69, 9.17) is 0 Å². The van der Waals surface area contributed by atoms with Gasteiger partial charge in [0, 0.05) is 35.1 Å². The molecule has 0 unspecified atom stereocenters. The standard InChI is InChI=1S/C26H25N5O5S3/c1-3-31(39(35,36)24-15-11-22(37-2)12-16-24)21-9-5-19(6-10-21)25(32)29-20-7-13-23(14-8-20)38(33,34)30-26-27-17-4-18-28-26/h4-18H,3H2,1-2H3,(H,29,32)(H,27,28,30). The Morgan fingerprint density at radius 1 is 0.846 bits per heavy atom. The predicted molar refractivity (Wildman–Crippen MR) is 152 cm³/mol. The highest BCUT2D eigenvalue weighted by atomic mass is 32.2. The molecule has 0 aliphatic carbocycles. The Hall–Kier alpha value is -3.94. The highest BCUT2D eigenvalue weighted by Crippen LogP contribution is 2.26. The van der Waals surface area contributed by atoms with Crippen molar-refractivity contribution in [2.24, 2.45) is 0 Å². The molecule has 0 aliphatic heterocycles. The Kier molecular flexibility index (Phi) is 8.53. The van der Waals surface area contributed by atoms with Crippen molar-refractivity contribution in [1.82, 2.24) is 9.97 Å². The zero-order chi connectivity index (χ0) is 28.0. The van der Waals surface area contributed by atoms with Crippen LogP contribution >= 0.6 is 11.8 Å². The molecule has 2 N–H and O–H groups in total. The van der Waals surface area contributed by atoms with Gasteiger partial charge >= 0.3 is 0 Å². The maximum atomic E-state index is 13.2. The summed E-state index contributed by atoms with van der Waals surface area (Å²) in [5.74, 6) is -0.493. The molecule has 10 nitrogen and oxygen atoms in total. The molecule has 13 heteroatoms. The summed E-state index contributed by atoms with van der Waals surface area (Å²) < 4.78 is 55.0. The fraction of sp³-hybridized carbons (Fsp3) is 0.115. The quantitative estimate of drug-likeness (QED) is 0.261. The zero-order valence-corrected chi connectivity index (χ0v) is 23.4. The number of thioether (sulfide) groups is 1. The molecule has 0 bridgehead atoms. The van der Waals surface area contributed by atoms with E-state index in [1.54, 1.807) is 49.4 Å². The SMILES string of the molecule is CCN(c1ccc(C(=O)Nc2ccc(S(=O)(=O)Nc3ncccn3)cc2)cc1)S(=O)(=O)c1ccc(SC)cc1. The minimum Gasteiger partial charge on any atom is -0.322 e. The van der Waals surface area contributed by atoms with Gasteiger partial charge in [0.2, 0.25) is 5.95 Å². The Bertz CT molecular complexity index is 1650. The summed E-state index contributed by atoms with van der Waals surface area (Å²) in [6.45, 7) is 1.94. The van der Waals surface area contributed by atoms with Gasteiger partial charge in [-0.25, -0.2) is 31.5 Å². The van der Waals surface area contributed by atoms with E-state index in [0.29, 0.717) is 16.9 Å². The monoisotopic (exact) mass is 583 g/mol. The second-order valence-electron chi connectivity index (χ2n) is 8.05. The third-order valence-corrected chi connectivity index (χ3v) is 9.57. The Balaban J connectivity index is 1.45. The van der Waals surface area contributed by atoms with Gasteiger partial charge in [0.05, 0.1) is 15.5 Å². The first-order valence-corrected chi connectivity index (χ1v) is 15.8. The van der Waals surface area contributed by atoms with Crippen molar-refractivity contribution >= 4 is 55.0 Å². The number of carbonyl (C=O) groups excluding carboxylic acids is 1. The third kappa shape index (κ3) is 6.56. The van der Waals surface area contributed by atoms with Crippen LogP contribution in [0.5, 0.6) is 0 Å². The minimum absolute atomic E-state index is 0.0266. The van der Waals surface area contributed by atoms with Crippen LogP contribution in [0.1, 0.15) is 17.3 Å². The first-order chi connectivity index (χ1) is 18.6. The van der Waals surface area contributed by atoms with E-state index in [2.05, 4.69) is 20.0 Å². The van der Waals surface area contributed by atoms with Crippen molar-refractivity contribution in [2.75, 3.05) is 27.1 Å². The van der Waals surface area contributed by atoms with Crippen molar-refractivity contribution in [2.45, 2.75) is 21.6 Å². The molecule has 1 aromatic heterocycles. The minimum atomic E-state index is -3.90. The number of anilines is 3. The van der Waals surface area contributed by atoms with Gasteiger partial charge < -0.3 is 5.32 Å². The Labute approximate surface area is 231 Å². The van der Waals surface area contributed by atoms with E-state index in [1.165, 1.54) is 64.9 Å². The van der Waals surface area contributed by atoms with Crippen LogP contribution in [0.3, 0.4) is 0 Å². The number of benzene rings is 3. The second kappa shape index (κ2) is 11.8. The van der Waals surface area contributed by atoms with Crippen molar-refractivity contribution < 1.29 is 21.6 Å². The van der Waals surface area contributed by atoms with Gasteiger partial charge in [-0.1, -0.05) is 0 Å². The van der Waals surface area contributed by atoms with E-state index in [9.17, 15) is 21.6 Å². The summed E-state index contributed by atoms with van der Waals surface area (Å²) in [7, 11) is -7.69. The summed E-state index contributed by atoms with van der Waals surface area (Å²) in [5.41, 5.74) is 1.11. The molecule has 202 valence electrons. The molecule has 0 saturated carbocycles. The van der Waals surface area contributed by atoms with Crippen molar-refractivity contribution in [3.05, 3.63) is 96.8 Å². The molecule has 4 rings (SSSR count). The maximum Gasteiger partial charge on any atom is 0.264 e. The van der Waals surface area contributed by atoms with Gasteiger partial charge in [-0.05, 0) is 92.0 Å². The van der Waals surface area contributed by atoms with Crippen LogP contribution in [-0.4, -0.2) is 45.5 Å². The zero-order valence-electron chi connectivity index (χ0n) is 21.0. The van der Waals surface area contributed by atoms with Gasteiger partial charge in [0.1, 0.15) is 0 Å². The van der Waals surface area contributed by atoms with Crippen LogP contribution in [-0.2, 0) is 20.0 Å². The number of aromatic nitrogens is 2. The van der Waals surface area contributed by atoms with Gasteiger partial charge in [0.25, 0.3) is 26.0 Å². The molecule has 39 heavy (non-hydrogen) atoms. The molecule has 3 aromatic carbocycles. The number of carbonyl (C=O) groups is 1. The van der Waals surface area contributed by atoms with E-state index in [-0.39, 0.29) is 22.3 Å². The van der Waals surface area contributed by atoms with Crippen LogP contribution in [0.15, 0.2) is 106 Å². The number of hydrogen-bond donors (Lipinski definition) is 2. The lowest BCUT2D eigenvalue weighted by Crippen LogP contribution is -2.30. The fourth-order valence-electron chi connectivity index (χ4n) is 3.60. The number of amides is 1. The molecular formula is C26H25N5O5S3. The highest BCUT2D eigenvalue weighted by Gasteiger charge is 2.24. The van der Waals surface area contributed by atoms with E-state index in [0.717, 1.165) is 4.90 Å². The van der Waals surface area contributed by atoms with Crippen molar-refractivity contribution in [3.8, 4) is 0 Å². The predicted octanol–water partition coefficient (Wildman–Crippen LogP) is 4.47. The lowest BCUT2D eigenvalue weighted by Gasteiger charge is -2.23. The van der Waals surface area contributed by atoms with E-state index >= 15 is 0 Å². The van der Waals surface area contributed by atoms with Gasteiger partial charge in [-0.15, -0.1) is 11.8 Å². The van der Waals surface area contributed by atoms with Crippen LogP contribution < -0.4 is 14.3 Å². The average Bonchev–Trinajstić information content (AvgIpc) is 2.94. The topological polar surface area (TPSA) is 138 Å². The number of nitrogens with zero attached hydrogens (tertiary/aromatic N) is 3.